The topological polar surface area (TPSA) is 29.3 Å². The third-order valence-corrected chi connectivity index (χ3v) is 4.31. The van der Waals surface area contributed by atoms with Crippen molar-refractivity contribution in [2.24, 2.45) is 17.6 Å². The van der Waals surface area contributed by atoms with Crippen LogP contribution in [-0.4, -0.2) is 30.6 Å². The van der Waals surface area contributed by atoms with Crippen LogP contribution in [0.15, 0.2) is 0 Å². The first kappa shape index (κ1) is 15.0. The molecule has 0 heterocycles. The van der Waals surface area contributed by atoms with Crippen LogP contribution < -0.4 is 5.73 Å². The lowest BCUT2D eigenvalue weighted by Gasteiger charge is -2.35. The Balaban J connectivity index is 2.26. The minimum atomic E-state index is 0.351. The quantitative estimate of drug-likeness (QED) is 0.772. The average Bonchev–Trinajstić information content (AvgIpc) is 2.28. The molecule has 0 amide bonds. The van der Waals surface area contributed by atoms with Crippen molar-refractivity contribution in [3.8, 4) is 0 Å². The lowest BCUT2D eigenvalue weighted by atomic mass is 9.84. The van der Waals surface area contributed by atoms with Crippen LogP contribution in [0.5, 0.6) is 0 Å². The van der Waals surface area contributed by atoms with Crippen molar-refractivity contribution in [3.63, 3.8) is 0 Å². The van der Waals surface area contributed by atoms with Gasteiger partial charge in [-0.1, -0.05) is 27.2 Å². The van der Waals surface area contributed by atoms with Crippen LogP contribution in [0, 0.1) is 11.8 Å². The number of nitrogens with two attached hydrogens (primary N) is 1. The highest BCUT2D eigenvalue weighted by Crippen LogP contribution is 2.29. The molecule has 102 valence electrons. The summed E-state index contributed by atoms with van der Waals surface area (Å²) >= 11 is 0. The summed E-state index contributed by atoms with van der Waals surface area (Å²) in [6, 6.07) is 1.14. The van der Waals surface area contributed by atoms with Crippen molar-refractivity contribution in [2.75, 3.05) is 13.6 Å². The first-order valence-electron chi connectivity index (χ1n) is 7.48. The van der Waals surface area contributed by atoms with Crippen LogP contribution >= 0.6 is 0 Å². The molecule has 1 aliphatic rings. The van der Waals surface area contributed by atoms with E-state index in [0.717, 1.165) is 24.9 Å². The second kappa shape index (κ2) is 7.38. The third-order valence-electron chi connectivity index (χ3n) is 4.31. The Kier molecular flexibility index (Phi) is 6.50. The van der Waals surface area contributed by atoms with E-state index in [2.05, 4.69) is 32.7 Å². The Morgan fingerprint density at radius 3 is 2.24 bits per heavy atom. The van der Waals surface area contributed by atoms with Gasteiger partial charge in [-0.05, 0) is 51.0 Å². The zero-order valence-electron chi connectivity index (χ0n) is 12.3. The van der Waals surface area contributed by atoms with Gasteiger partial charge in [0.15, 0.2) is 0 Å². The number of likely N-dealkylation sites (N-methyl/N-ethyl adjacent to an activating group) is 1. The van der Waals surface area contributed by atoms with E-state index in [1.54, 1.807) is 0 Å². The summed E-state index contributed by atoms with van der Waals surface area (Å²) in [5, 5.41) is 0. The summed E-state index contributed by atoms with van der Waals surface area (Å²) in [6.45, 7) is 7.91. The lowest BCUT2D eigenvalue weighted by Crippen LogP contribution is -2.43. The summed E-state index contributed by atoms with van der Waals surface area (Å²) in [6.07, 6.45) is 8.11. The van der Waals surface area contributed by atoms with Gasteiger partial charge in [0.25, 0.3) is 0 Å². The molecule has 2 N–H and O–H groups in total. The minimum absolute atomic E-state index is 0.351. The highest BCUT2D eigenvalue weighted by Gasteiger charge is 2.23. The van der Waals surface area contributed by atoms with E-state index in [0.29, 0.717) is 12.0 Å². The maximum absolute atomic E-state index is 6.19. The highest BCUT2D eigenvalue weighted by atomic mass is 15.1. The van der Waals surface area contributed by atoms with Crippen LogP contribution in [0.25, 0.3) is 0 Å². The molecular weight excluding hydrogens is 208 g/mol. The van der Waals surface area contributed by atoms with Crippen molar-refractivity contribution in [1.29, 1.82) is 0 Å². The Morgan fingerprint density at radius 1 is 1.18 bits per heavy atom. The Labute approximate surface area is 108 Å². The van der Waals surface area contributed by atoms with Gasteiger partial charge in [-0.3, -0.25) is 0 Å². The monoisotopic (exact) mass is 240 g/mol. The van der Waals surface area contributed by atoms with E-state index in [1.807, 2.05) is 0 Å². The zero-order chi connectivity index (χ0) is 12.8. The molecule has 1 unspecified atom stereocenters. The summed E-state index contributed by atoms with van der Waals surface area (Å²) < 4.78 is 0. The number of hydrogen-bond acceptors (Lipinski definition) is 2. The molecule has 0 aromatic carbocycles. The van der Waals surface area contributed by atoms with Crippen molar-refractivity contribution in [3.05, 3.63) is 0 Å². The predicted molar refractivity (Wildman–Crippen MR) is 76.1 cm³/mol. The smallest absolute Gasteiger partial charge is 0.0170 e. The van der Waals surface area contributed by atoms with Gasteiger partial charge in [0.2, 0.25) is 0 Å². The first-order valence-corrected chi connectivity index (χ1v) is 7.48. The predicted octanol–water partition coefficient (Wildman–Crippen LogP) is 3.26. The molecule has 0 spiro atoms. The summed E-state index contributed by atoms with van der Waals surface area (Å²) in [5.41, 5.74) is 6.19. The molecular formula is C15H32N2. The Morgan fingerprint density at radius 2 is 1.76 bits per heavy atom. The highest BCUT2D eigenvalue weighted by molar-refractivity contribution is 4.80. The van der Waals surface area contributed by atoms with Crippen LogP contribution in [0.1, 0.15) is 59.3 Å². The largest absolute Gasteiger partial charge is 0.327 e. The van der Waals surface area contributed by atoms with E-state index in [4.69, 9.17) is 5.73 Å². The molecule has 1 rings (SSSR count). The molecule has 0 aliphatic heterocycles. The first-order chi connectivity index (χ1) is 8.02. The van der Waals surface area contributed by atoms with Gasteiger partial charge < -0.3 is 10.6 Å². The molecule has 1 atom stereocenters. The molecule has 1 saturated carbocycles. The summed E-state index contributed by atoms with van der Waals surface area (Å²) in [4.78, 5) is 2.51. The average molecular weight is 240 g/mol. The molecule has 2 nitrogen and oxygen atoms in total. The molecule has 0 radical (unpaired) electrons. The summed E-state index contributed by atoms with van der Waals surface area (Å²) in [5.74, 6) is 1.71. The fourth-order valence-electron chi connectivity index (χ4n) is 3.19. The molecule has 0 aromatic heterocycles. The molecule has 0 aromatic rings. The fourth-order valence-corrected chi connectivity index (χ4v) is 3.19. The lowest BCUT2D eigenvalue weighted by molar-refractivity contribution is 0.153. The van der Waals surface area contributed by atoms with Gasteiger partial charge in [0.05, 0.1) is 0 Å². The normalized spacial score (nSPS) is 27.7. The zero-order valence-corrected chi connectivity index (χ0v) is 12.3. The van der Waals surface area contributed by atoms with Crippen LogP contribution in [0.2, 0.25) is 0 Å². The van der Waals surface area contributed by atoms with Crippen LogP contribution in [-0.2, 0) is 0 Å². The van der Waals surface area contributed by atoms with Crippen molar-refractivity contribution in [1.82, 2.24) is 4.90 Å². The Hall–Kier alpha value is -0.0800. The number of hydrogen-bond donors (Lipinski definition) is 1. The van der Waals surface area contributed by atoms with Gasteiger partial charge in [-0.15, -0.1) is 0 Å². The second-order valence-electron chi connectivity index (χ2n) is 6.41. The van der Waals surface area contributed by atoms with Gasteiger partial charge in [-0.2, -0.15) is 0 Å². The van der Waals surface area contributed by atoms with E-state index in [-0.39, 0.29) is 0 Å². The minimum Gasteiger partial charge on any atom is -0.327 e. The van der Waals surface area contributed by atoms with E-state index in [9.17, 15) is 0 Å². The maximum Gasteiger partial charge on any atom is 0.0170 e. The van der Waals surface area contributed by atoms with Crippen molar-refractivity contribution in [2.45, 2.75) is 71.4 Å². The molecule has 1 fully saturated rings. The maximum atomic E-state index is 6.19. The van der Waals surface area contributed by atoms with Crippen LogP contribution in [0.3, 0.4) is 0 Å². The number of rotatable bonds is 6. The summed E-state index contributed by atoms with van der Waals surface area (Å²) in [7, 11) is 2.26. The van der Waals surface area contributed by atoms with Crippen molar-refractivity contribution >= 4 is 0 Å². The molecule has 17 heavy (non-hydrogen) atoms. The molecule has 1 aliphatic carbocycles. The Bertz CT molecular complexity index is 195. The van der Waals surface area contributed by atoms with Crippen molar-refractivity contribution < 1.29 is 0 Å². The molecule has 0 saturated heterocycles. The van der Waals surface area contributed by atoms with Gasteiger partial charge in [0.1, 0.15) is 0 Å². The van der Waals surface area contributed by atoms with Crippen LogP contribution in [0.4, 0.5) is 0 Å². The van der Waals surface area contributed by atoms with Gasteiger partial charge >= 0.3 is 0 Å². The SMILES string of the molecule is CCC1CCC(N(C)CC(N)CC(C)C)CC1. The van der Waals surface area contributed by atoms with E-state index in [1.165, 1.54) is 32.1 Å². The third kappa shape index (κ3) is 5.39. The second-order valence-corrected chi connectivity index (χ2v) is 6.41. The van der Waals surface area contributed by atoms with E-state index >= 15 is 0 Å². The molecule has 0 bridgehead atoms. The van der Waals surface area contributed by atoms with Gasteiger partial charge in [0, 0.05) is 18.6 Å². The van der Waals surface area contributed by atoms with E-state index < -0.39 is 0 Å². The molecule has 2 heteroatoms. The van der Waals surface area contributed by atoms with Gasteiger partial charge in [-0.25, -0.2) is 0 Å². The number of nitrogens with zero attached hydrogens (tertiary/aromatic N) is 1. The fraction of sp³-hybridized carbons (Fsp3) is 1.00. The standard InChI is InChI=1S/C15H32N2/c1-5-13-6-8-15(9-7-13)17(4)11-14(16)10-12(2)3/h12-15H,5-11,16H2,1-4H3.